The molecule has 0 aliphatic carbocycles. The summed E-state index contributed by atoms with van der Waals surface area (Å²) in [7, 11) is 0. The summed E-state index contributed by atoms with van der Waals surface area (Å²) in [6, 6.07) is 5.84. The predicted molar refractivity (Wildman–Crippen MR) is 67.4 cm³/mol. The van der Waals surface area contributed by atoms with Crippen molar-refractivity contribution in [2.75, 3.05) is 0 Å². The smallest absolute Gasteiger partial charge is 0.328 e. The molecule has 2 rings (SSSR count). The van der Waals surface area contributed by atoms with Gasteiger partial charge in [0.1, 0.15) is 0 Å². The number of benzene rings is 1. The number of aromatic nitrogens is 1. The van der Waals surface area contributed by atoms with Crippen molar-refractivity contribution in [2.45, 2.75) is 6.92 Å². The van der Waals surface area contributed by atoms with E-state index in [0.29, 0.717) is 0 Å². The van der Waals surface area contributed by atoms with Crippen LogP contribution in [0.2, 0.25) is 0 Å². The molecule has 0 bridgehead atoms. The minimum atomic E-state index is -0.944. The minimum absolute atomic E-state index is 0.907. The van der Waals surface area contributed by atoms with Crippen LogP contribution in [0.5, 0.6) is 0 Å². The molecule has 0 unspecified atom stereocenters. The highest BCUT2D eigenvalue weighted by Crippen LogP contribution is 2.30. The molecular formula is C12H10BrNO2. The van der Waals surface area contributed by atoms with Crippen LogP contribution < -0.4 is 0 Å². The zero-order chi connectivity index (χ0) is 11.7. The number of carboxylic acids is 1. The fraction of sp³-hybridized carbons (Fsp3) is 0.0833. The molecule has 0 radical (unpaired) electrons. The van der Waals surface area contributed by atoms with E-state index in [2.05, 4.69) is 20.9 Å². The minimum Gasteiger partial charge on any atom is -0.478 e. The SMILES string of the molecule is Cc1[nH]c2cccc(Br)c2c1/C=C/C(=O)O. The standard InChI is InChI=1S/C12H10BrNO2/c1-7-8(5-6-11(15)16)12-9(13)3-2-4-10(12)14-7/h2-6,14H,1H3,(H,15,16)/b6-5+. The third-order valence-corrected chi connectivity index (χ3v) is 3.06. The van der Waals surface area contributed by atoms with Crippen LogP contribution in [0, 0.1) is 6.92 Å². The Morgan fingerprint density at radius 2 is 2.25 bits per heavy atom. The van der Waals surface area contributed by atoms with Gasteiger partial charge in [-0.1, -0.05) is 22.0 Å². The number of carboxylic acid groups (broad SMARTS) is 1. The molecule has 3 nitrogen and oxygen atoms in total. The van der Waals surface area contributed by atoms with Gasteiger partial charge in [-0.3, -0.25) is 0 Å². The summed E-state index contributed by atoms with van der Waals surface area (Å²) in [5.74, 6) is -0.944. The molecule has 1 heterocycles. The molecule has 0 spiro atoms. The third-order valence-electron chi connectivity index (χ3n) is 2.40. The van der Waals surface area contributed by atoms with E-state index in [9.17, 15) is 4.79 Å². The number of hydrogen-bond acceptors (Lipinski definition) is 1. The lowest BCUT2D eigenvalue weighted by Crippen LogP contribution is -1.86. The van der Waals surface area contributed by atoms with Crippen molar-refractivity contribution in [3.05, 3.63) is 40.0 Å². The maximum absolute atomic E-state index is 10.5. The van der Waals surface area contributed by atoms with Crippen molar-refractivity contribution < 1.29 is 9.90 Å². The molecule has 0 saturated carbocycles. The van der Waals surface area contributed by atoms with Crippen molar-refractivity contribution in [3.8, 4) is 0 Å². The number of rotatable bonds is 2. The van der Waals surface area contributed by atoms with Gasteiger partial charge >= 0.3 is 5.97 Å². The van der Waals surface area contributed by atoms with Crippen molar-refractivity contribution in [1.29, 1.82) is 0 Å². The first-order valence-corrected chi connectivity index (χ1v) is 5.56. The van der Waals surface area contributed by atoms with Crippen molar-refractivity contribution in [1.82, 2.24) is 4.98 Å². The van der Waals surface area contributed by atoms with Crippen LogP contribution in [0.1, 0.15) is 11.3 Å². The van der Waals surface area contributed by atoms with Gasteiger partial charge in [0.15, 0.2) is 0 Å². The van der Waals surface area contributed by atoms with Crippen LogP contribution in [-0.4, -0.2) is 16.1 Å². The lowest BCUT2D eigenvalue weighted by molar-refractivity contribution is -0.131. The Hall–Kier alpha value is -1.55. The number of H-pyrrole nitrogens is 1. The second-order valence-electron chi connectivity index (χ2n) is 3.50. The Morgan fingerprint density at radius 1 is 1.50 bits per heavy atom. The first kappa shape index (κ1) is 11.0. The highest BCUT2D eigenvalue weighted by atomic mass is 79.9. The maximum atomic E-state index is 10.5. The van der Waals surface area contributed by atoms with E-state index in [4.69, 9.17) is 5.11 Å². The Balaban J connectivity index is 2.68. The van der Waals surface area contributed by atoms with Crippen LogP contribution in [0.25, 0.3) is 17.0 Å². The van der Waals surface area contributed by atoms with Gasteiger partial charge in [0.05, 0.1) is 0 Å². The zero-order valence-electron chi connectivity index (χ0n) is 8.62. The van der Waals surface area contributed by atoms with E-state index >= 15 is 0 Å². The Labute approximate surface area is 101 Å². The maximum Gasteiger partial charge on any atom is 0.328 e. The second kappa shape index (κ2) is 4.14. The van der Waals surface area contributed by atoms with Crippen LogP contribution in [0.3, 0.4) is 0 Å². The monoisotopic (exact) mass is 279 g/mol. The average molecular weight is 280 g/mol. The molecular weight excluding hydrogens is 270 g/mol. The van der Waals surface area contributed by atoms with E-state index in [0.717, 1.165) is 32.7 Å². The normalized spacial score (nSPS) is 11.4. The molecule has 2 aromatic rings. The van der Waals surface area contributed by atoms with Gasteiger partial charge in [-0.2, -0.15) is 0 Å². The summed E-state index contributed by atoms with van der Waals surface area (Å²) < 4.78 is 0.958. The molecule has 0 atom stereocenters. The lowest BCUT2D eigenvalue weighted by Gasteiger charge is -1.96. The quantitative estimate of drug-likeness (QED) is 0.829. The fourth-order valence-electron chi connectivity index (χ4n) is 1.72. The van der Waals surface area contributed by atoms with E-state index in [1.165, 1.54) is 0 Å². The molecule has 0 amide bonds. The topological polar surface area (TPSA) is 53.1 Å². The molecule has 0 aliphatic rings. The molecule has 2 N–H and O–H groups in total. The van der Waals surface area contributed by atoms with Gasteiger partial charge in [0.25, 0.3) is 0 Å². The van der Waals surface area contributed by atoms with E-state index < -0.39 is 5.97 Å². The summed E-state index contributed by atoms with van der Waals surface area (Å²) in [6.45, 7) is 1.92. The number of hydrogen-bond donors (Lipinski definition) is 2. The molecule has 16 heavy (non-hydrogen) atoms. The molecule has 1 aromatic carbocycles. The number of fused-ring (bicyclic) bond motifs is 1. The average Bonchev–Trinajstić information content (AvgIpc) is 2.52. The highest BCUT2D eigenvalue weighted by Gasteiger charge is 2.08. The van der Waals surface area contributed by atoms with Crippen molar-refractivity contribution in [3.63, 3.8) is 0 Å². The number of halogens is 1. The van der Waals surface area contributed by atoms with Gasteiger partial charge in [-0.05, 0) is 25.1 Å². The molecule has 0 aliphatic heterocycles. The van der Waals surface area contributed by atoms with Crippen LogP contribution >= 0.6 is 15.9 Å². The van der Waals surface area contributed by atoms with Crippen LogP contribution in [-0.2, 0) is 4.79 Å². The lowest BCUT2D eigenvalue weighted by atomic mass is 10.1. The number of nitrogens with one attached hydrogen (secondary N) is 1. The second-order valence-corrected chi connectivity index (χ2v) is 4.35. The summed E-state index contributed by atoms with van der Waals surface area (Å²) >= 11 is 3.47. The predicted octanol–water partition coefficient (Wildman–Crippen LogP) is 3.34. The van der Waals surface area contributed by atoms with Crippen LogP contribution in [0.4, 0.5) is 0 Å². The van der Waals surface area contributed by atoms with E-state index in [1.54, 1.807) is 6.08 Å². The van der Waals surface area contributed by atoms with Gasteiger partial charge in [0, 0.05) is 32.7 Å². The van der Waals surface area contributed by atoms with E-state index in [1.807, 2.05) is 25.1 Å². The molecule has 1 aromatic heterocycles. The first-order chi connectivity index (χ1) is 7.59. The summed E-state index contributed by atoms with van der Waals surface area (Å²) in [4.78, 5) is 13.7. The number of aromatic amines is 1. The third kappa shape index (κ3) is 1.88. The number of aryl methyl sites for hydroxylation is 1. The van der Waals surface area contributed by atoms with Crippen LogP contribution in [0.15, 0.2) is 28.7 Å². The molecule has 82 valence electrons. The summed E-state index contributed by atoms with van der Waals surface area (Å²) in [5.41, 5.74) is 2.86. The van der Waals surface area contributed by atoms with E-state index in [-0.39, 0.29) is 0 Å². The fourth-order valence-corrected chi connectivity index (χ4v) is 2.30. The molecule has 0 fully saturated rings. The summed E-state index contributed by atoms with van der Waals surface area (Å²) in [6.07, 6.45) is 2.76. The van der Waals surface area contributed by atoms with Crippen molar-refractivity contribution >= 4 is 38.9 Å². The zero-order valence-corrected chi connectivity index (χ0v) is 10.2. The van der Waals surface area contributed by atoms with Gasteiger partial charge in [-0.15, -0.1) is 0 Å². The Bertz CT molecular complexity index is 584. The van der Waals surface area contributed by atoms with Gasteiger partial charge in [0.2, 0.25) is 0 Å². The number of carbonyl (C=O) groups is 1. The Morgan fingerprint density at radius 3 is 2.94 bits per heavy atom. The Kier molecular flexibility index (Phi) is 2.83. The number of aliphatic carboxylic acids is 1. The van der Waals surface area contributed by atoms with Gasteiger partial charge < -0.3 is 10.1 Å². The van der Waals surface area contributed by atoms with Gasteiger partial charge in [-0.25, -0.2) is 4.79 Å². The summed E-state index contributed by atoms with van der Waals surface area (Å²) in [5, 5.41) is 9.65. The molecule has 0 saturated heterocycles. The first-order valence-electron chi connectivity index (χ1n) is 4.77. The highest BCUT2D eigenvalue weighted by molar-refractivity contribution is 9.10. The molecule has 4 heteroatoms. The largest absolute Gasteiger partial charge is 0.478 e. The van der Waals surface area contributed by atoms with Crippen molar-refractivity contribution in [2.24, 2.45) is 0 Å².